The van der Waals surface area contributed by atoms with E-state index in [0.29, 0.717) is 17.4 Å². The maximum Gasteiger partial charge on any atom is 0.123 e. The number of nitrogens with zero attached hydrogens (tertiary/aromatic N) is 2. The number of aryl methyl sites for hydroxylation is 1. The molecule has 0 bridgehead atoms. The Morgan fingerprint density at radius 2 is 2.14 bits per heavy atom. The van der Waals surface area contributed by atoms with Crippen molar-refractivity contribution >= 4 is 0 Å². The lowest BCUT2D eigenvalue weighted by atomic mass is 9.90. The highest BCUT2D eigenvalue weighted by atomic mass is 16.5. The number of likely N-dealkylation sites (tertiary alicyclic amines) is 1. The number of aromatic amines is 1. The van der Waals surface area contributed by atoms with E-state index in [-0.39, 0.29) is 0 Å². The Balaban J connectivity index is 1.51. The van der Waals surface area contributed by atoms with Crippen molar-refractivity contribution in [2.24, 2.45) is 0 Å². The van der Waals surface area contributed by atoms with Crippen molar-refractivity contribution < 1.29 is 9.84 Å². The Bertz CT molecular complexity index is 951. The summed E-state index contributed by atoms with van der Waals surface area (Å²) in [6.07, 6.45) is 4.22. The number of aromatic hydroxyl groups is 1. The molecule has 1 atom stereocenters. The average molecular weight is 377 g/mol. The van der Waals surface area contributed by atoms with Gasteiger partial charge in [-0.05, 0) is 37.9 Å². The topological polar surface area (TPSA) is 61.4 Å². The molecule has 0 radical (unpaired) electrons. The molecular weight excluding hydrogens is 350 g/mol. The molecule has 2 heterocycles. The molecule has 2 N–H and O–H groups in total. The predicted octanol–water partition coefficient (Wildman–Crippen LogP) is 4.48. The Morgan fingerprint density at radius 3 is 2.93 bits per heavy atom. The first-order valence-electron chi connectivity index (χ1n) is 9.82. The molecule has 1 fully saturated rings. The van der Waals surface area contributed by atoms with E-state index in [1.54, 1.807) is 13.2 Å². The number of piperidine rings is 1. The van der Waals surface area contributed by atoms with Crippen molar-refractivity contribution in [3.05, 3.63) is 65.5 Å². The minimum absolute atomic E-state index is 0.295. The van der Waals surface area contributed by atoms with Crippen molar-refractivity contribution in [3.8, 4) is 22.6 Å². The minimum Gasteiger partial charge on any atom is -0.507 e. The fraction of sp³-hybridized carbons (Fsp3) is 0.348. The molecule has 0 amide bonds. The zero-order chi connectivity index (χ0) is 19.5. The van der Waals surface area contributed by atoms with Crippen LogP contribution in [-0.2, 0) is 6.54 Å². The van der Waals surface area contributed by atoms with Gasteiger partial charge in [-0.25, -0.2) is 0 Å². The lowest BCUT2D eigenvalue weighted by Gasteiger charge is -2.33. The molecule has 5 nitrogen and oxygen atoms in total. The number of aromatic nitrogens is 2. The van der Waals surface area contributed by atoms with Crippen LogP contribution in [-0.4, -0.2) is 40.4 Å². The van der Waals surface area contributed by atoms with Gasteiger partial charge in [0.25, 0.3) is 0 Å². The van der Waals surface area contributed by atoms with Crippen LogP contribution in [0.15, 0.2) is 48.7 Å². The fourth-order valence-corrected chi connectivity index (χ4v) is 4.13. The summed E-state index contributed by atoms with van der Waals surface area (Å²) >= 11 is 0. The molecule has 1 aliphatic rings. The summed E-state index contributed by atoms with van der Waals surface area (Å²) in [5.41, 5.74) is 5.82. The van der Waals surface area contributed by atoms with Gasteiger partial charge in [0, 0.05) is 41.9 Å². The monoisotopic (exact) mass is 377 g/mol. The number of ether oxygens (including phenoxy) is 1. The standard InChI is InChI=1S/C23H27N3O2/c1-16-5-3-6-17(11-16)21-13-24-25-23(21)19-7-4-10-26(15-19)14-18-8-9-20(28-2)12-22(18)27/h3,5-6,8-9,11-13,19,27H,4,7,10,14-15H2,1-2H3,(H,24,25). The average Bonchev–Trinajstić information content (AvgIpc) is 3.20. The molecule has 0 spiro atoms. The minimum atomic E-state index is 0.295. The zero-order valence-corrected chi connectivity index (χ0v) is 16.5. The second kappa shape index (κ2) is 8.07. The highest BCUT2D eigenvalue weighted by molar-refractivity contribution is 5.66. The van der Waals surface area contributed by atoms with E-state index in [1.807, 2.05) is 18.3 Å². The van der Waals surface area contributed by atoms with Gasteiger partial charge in [0.15, 0.2) is 0 Å². The summed E-state index contributed by atoms with van der Waals surface area (Å²) in [5, 5.41) is 17.9. The van der Waals surface area contributed by atoms with Crippen molar-refractivity contribution in [2.45, 2.75) is 32.2 Å². The van der Waals surface area contributed by atoms with E-state index < -0.39 is 0 Å². The third-order valence-corrected chi connectivity index (χ3v) is 5.60. The van der Waals surface area contributed by atoms with Crippen LogP contribution in [0.25, 0.3) is 11.1 Å². The van der Waals surface area contributed by atoms with Gasteiger partial charge in [0.1, 0.15) is 11.5 Å². The number of nitrogens with one attached hydrogen (secondary N) is 1. The van der Waals surface area contributed by atoms with Crippen LogP contribution in [0.2, 0.25) is 0 Å². The summed E-state index contributed by atoms with van der Waals surface area (Å²) in [6, 6.07) is 14.1. The second-order valence-electron chi connectivity index (χ2n) is 7.64. The van der Waals surface area contributed by atoms with Gasteiger partial charge in [-0.1, -0.05) is 35.9 Å². The third kappa shape index (κ3) is 3.90. The maximum absolute atomic E-state index is 10.3. The van der Waals surface area contributed by atoms with Gasteiger partial charge < -0.3 is 9.84 Å². The number of H-pyrrole nitrogens is 1. The van der Waals surface area contributed by atoms with Gasteiger partial charge in [0.2, 0.25) is 0 Å². The summed E-state index contributed by atoms with van der Waals surface area (Å²) in [6.45, 7) is 4.84. The van der Waals surface area contributed by atoms with Gasteiger partial charge >= 0.3 is 0 Å². The van der Waals surface area contributed by atoms with Gasteiger partial charge in [-0.3, -0.25) is 10.00 Å². The Hall–Kier alpha value is -2.79. The third-order valence-electron chi connectivity index (χ3n) is 5.60. The predicted molar refractivity (Wildman–Crippen MR) is 111 cm³/mol. The van der Waals surface area contributed by atoms with Gasteiger partial charge in [0.05, 0.1) is 13.3 Å². The van der Waals surface area contributed by atoms with Crippen LogP contribution >= 0.6 is 0 Å². The van der Waals surface area contributed by atoms with Crippen molar-refractivity contribution in [2.75, 3.05) is 20.2 Å². The molecule has 3 aromatic rings. The Labute approximate surface area is 166 Å². The number of hydrogen-bond acceptors (Lipinski definition) is 4. The first-order valence-corrected chi connectivity index (χ1v) is 9.82. The lowest BCUT2D eigenvalue weighted by molar-refractivity contribution is 0.196. The van der Waals surface area contributed by atoms with Crippen LogP contribution in [0, 0.1) is 6.92 Å². The molecule has 0 saturated carbocycles. The van der Waals surface area contributed by atoms with Gasteiger partial charge in [-0.2, -0.15) is 5.10 Å². The smallest absolute Gasteiger partial charge is 0.123 e. The Morgan fingerprint density at radius 1 is 1.25 bits per heavy atom. The van der Waals surface area contributed by atoms with Gasteiger partial charge in [-0.15, -0.1) is 0 Å². The molecule has 1 saturated heterocycles. The van der Waals surface area contributed by atoms with Crippen molar-refractivity contribution in [1.82, 2.24) is 15.1 Å². The number of hydrogen-bond donors (Lipinski definition) is 2. The molecule has 1 aliphatic heterocycles. The number of methoxy groups -OCH3 is 1. The maximum atomic E-state index is 10.3. The summed E-state index contributed by atoms with van der Waals surface area (Å²) < 4.78 is 5.18. The molecule has 28 heavy (non-hydrogen) atoms. The first kappa shape index (κ1) is 18.6. The summed E-state index contributed by atoms with van der Waals surface area (Å²) in [7, 11) is 1.61. The SMILES string of the molecule is COc1ccc(CN2CCCC(c3[nH]ncc3-c3cccc(C)c3)C2)c(O)c1. The number of rotatable bonds is 5. The van der Waals surface area contributed by atoms with Crippen LogP contribution in [0.1, 0.15) is 35.6 Å². The molecule has 1 unspecified atom stereocenters. The fourth-order valence-electron chi connectivity index (χ4n) is 4.13. The number of benzene rings is 2. The highest BCUT2D eigenvalue weighted by Gasteiger charge is 2.25. The van der Waals surface area contributed by atoms with Crippen molar-refractivity contribution in [3.63, 3.8) is 0 Å². The lowest BCUT2D eigenvalue weighted by Crippen LogP contribution is -2.34. The van der Waals surface area contributed by atoms with Crippen molar-refractivity contribution in [1.29, 1.82) is 0 Å². The van der Waals surface area contributed by atoms with E-state index >= 15 is 0 Å². The molecule has 4 rings (SSSR count). The van der Waals surface area contributed by atoms with E-state index in [1.165, 1.54) is 22.4 Å². The van der Waals surface area contributed by atoms with E-state index in [4.69, 9.17) is 4.74 Å². The zero-order valence-electron chi connectivity index (χ0n) is 16.5. The molecule has 5 heteroatoms. The number of phenols is 1. The quantitative estimate of drug-likeness (QED) is 0.688. The Kier molecular flexibility index (Phi) is 5.35. The van der Waals surface area contributed by atoms with Crippen LogP contribution in [0.5, 0.6) is 11.5 Å². The summed E-state index contributed by atoms with van der Waals surface area (Å²) in [4.78, 5) is 2.41. The normalized spacial score (nSPS) is 17.6. The molecule has 0 aliphatic carbocycles. The first-order chi connectivity index (χ1) is 13.6. The highest BCUT2D eigenvalue weighted by Crippen LogP contribution is 2.34. The second-order valence-corrected chi connectivity index (χ2v) is 7.64. The van der Waals surface area contributed by atoms with Crippen LogP contribution in [0.3, 0.4) is 0 Å². The van der Waals surface area contributed by atoms with Crippen LogP contribution in [0.4, 0.5) is 0 Å². The molecule has 1 aromatic heterocycles. The molecular formula is C23H27N3O2. The molecule has 146 valence electrons. The number of phenolic OH excluding ortho intramolecular Hbond substituents is 1. The molecule has 2 aromatic carbocycles. The van der Waals surface area contributed by atoms with E-state index in [0.717, 1.165) is 38.0 Å². The van der Waals surface area contributed by atoms with E-state index in [9.17, 15) is 5.11 Å². The van der Waals surface area contributed by atoms with Crippen LogP contribution < -0.4 is 4.74 Å². The largest absolute Gasteiger partial charge is 0.507 e. The summed E-state index contributed by atoms with van der Waals surface area (Å²) in [5.74, 6) is 1.38. The van der Waals surface area contributed by atoms with E-state index in [2.05, 4.69) is 46.3 Å².